The number of amides is 1. The SMILES string of the molecule is C=Cn1cc(CN2CCCC(CNC(=O)C=C(C)C)C2)cn1. The molecule has 5 nitrogen and oxygen atoms in total. The van der Waals surface area contributed by atoms with Crippen LogP contribution in [0.15, 0.2) is 30.6 Å². The zero-order valence-electron chi connectivity index (χ0n) is 13.6. The first kappa shape index (κ1) is 16.5. The fraction of sp³-hybridized carbons (Fsp3) is 0.529. The maximum atomic E-state index is 11.7. The van der Waals surface area contributed by atoms with E-state index in [4.69, 9.17) is 0 Å². The molecule has 1 aromatic heterocycles. The molecule has 0 radical (unpaired) electrons. The summed E-state index contributed by atoms with van der Waals surface area (Å²) in [6, 6.07) is 0. The Bertz CT molecular complexity index is 543. The highest BCUT2D eigenvalue weighted by Gasteiger charge is 2.20. The van der Waals surface area contributed by atoms with E-state index in [1.807, 2.05) is 26.2 Å². The van der Waals surface area contributed by atoms with Crippen LogP contribution in [0.25, 0.3) is 6.20 Å². The molecule has 0 aromatic carbocycles. The van der Waals surface area contributed by atoms with Crippen LogP contribution in [0.5, 0.6) is 0 Å². The Labute approximate surface area is 132 Å². The molecule has 0 aliphatic carbocycles. The van der Waals surface area contributed by atoms with Crippen molar-refractivity contribution in [1.82, 2.24) is 20.0 Å². The van der Waals surface area contributed by atoms with E-state index in [2.05, 4.69) is 21.9 Å². The zero-order chi connectivity index (χ0) is 15.9. The number of rotatable bonds is 6. The largest absolute Gasteiger partial charge is 0.352 e. The van der Waals surface area contributed by atoms with Gasteiger partial charge in [0.15, 0.2) is 0 Å². The number of likely N-dealkylation sites (tertiary alicyclic amines) is 1. The molecular weight excluding hydrogens is 276 g/mol. The van der Waals surface area contributed by atoms with E-state index in [1.165, 1.54) is 18.4 Å². The molecule has 120 valence electrons. The molecule has 0 spiro atoms. The summed E-state index contributed by atoms with van der Waals surface area (Å²) in [5.74, 6) is 0.544. The van der Waals surface area contributed by atoms with Gasteiger partial charge in [-0.3, -0.25) is 9.69 Å². The molecule has 1 saturated heterocycles. The Hall–Kier alpha value is -1.88. The van der Waals surface area contributed by atoms with Crippen LogP contribution in [0.3, 0.4) is 0 Å². The van der Waals surface area contributed by atoms with E-state index >= 15 is 0 Å². The van der Waals surface area contributed by atoms with Gasteiger partial charge in [0.25, 0.3) is 0 Å². The number of hydrogen-bond acceptors (Lipinski definition) is 3. The van der Waals surface area contributed by atoms with Crippen LogP contribution in [-0.2, 0) is 11.3 Å². The standard InChI is InChI=1S/C17H26N4O/c1-4-21-13-16(10-19-21)12-20-7-5-6-15(11-20)9-18-17(22)8-14(2)3/h4,8,10,13,15H,1,5-7,9,11-12H2,2-3H3,(H,18,22). The Balaban J connectivity index is 1.80. The lowest BCUT2D eigenvalue weighted by Crippen LogP contribution is -2.40. The number of carbonyl (C=O) groups excluding carboxylic acids is 1. The van der Waals surface area contributed by atoms with Crippen molar-refractivity contribution in [3.63, 3.8) is 0 Å². The number of allylic oxidation sites excluding steroid dienone is 1. The Morgan fingerprint density at radius 3 is 3.05 bits per heavy atom. The molecule has 2 rings (SSSR count). The first-order valence-electron chi connectivity index (χ1n) is 7.87. The molecule has 5 heteroatoms. The van der Waals surface area contributed by atoms with E-state index in [-0.39, 0.29) is 5.91 Å². The summed E-state index contributed by atoms with van der Waals surface area (Å²) in [6.07, 6.45) is 9.61. The van der Waals surface area contributed by atoms with Gasteiger partial charge in [0.2, 0.25) is 5.91 Å². The molecule has 1 atom stereocenters. The van der Waals surface area contributed by atoms with Crippen molar-refractivity contribution >= 4 is 12.1 Å². The minimum Gasteiger partial charge on any atom is -0.352 e. The van der Waals surface area contributed by atoms with Crippen molar-refractivity contribution in [3.05, 3.63) is 36.2 Å². The number of nitrogens with zero attached hydrogens (tertiary/aromatic N) is 3. The summed E-state index contributed by atoms with van der Waals surface area (Å²) in [5.41, 5.74) is 2.23. The monoisotopic (exact) mass is 302 g/mol. The molecule has 1 unspecified atom stereocenters. The molecule has 2 heterocycles. The molecule has 0 saturated carbocycles. The lowest BCUT2D eigenvalue weighted by Gasteiger charge is -2.32. The van der Waals surface area contributed by atoms with Gasteiger partial charge in [-0.25, -0.2) is 4.68 Å². The van der Waals surface area contributed by atoms with Gasteiger partial charge in [-0.1, -0.05) is 12.2 Å². The molecule has 1 aromatic rings. The Morgan fingerprint density at radius 2 is 2.36 bits per heavy atom. The summed E-state index contributed by atoms with van der Waals surface area (Å²) in [6.45, 7) is 11.4. The third kappa shape index (κ3) is 5.15. The minimum absolute atomic E-state index is 0.0179. The van der Waals surface area contributed by atoms with Crippen LogP contribution < -0.4 is 5.32 Å². The highest BCUT2D eigenvalue weighted by atomic mass is 16.1. The van der Waals surface area contributed by atoms with Crippen molar-refractivity contribution in [2.45, 2.75) is 33.2 Å². The van der Waals surface area contributed by atoms with E-state index in [1.54, 1.807) is 17.0 Å². The summed E-state index contributed by atoms with van der Waals surface area (Å²) >= 11 is 0. The molecule has 1 fully saturated rings. The van der Waals surface area contributed by atoms with Gasteiger partial charge in [0, 0.05) is 43.7 Å². The lowest BCUT2D eigenvalue weighted by atomic mass is 9.97. The molecular formula is C17H26N4O. The predicted octanol–water partition coefficient (Wildman–Crippen LogP) is 2.28. The minimum atomic E-state index is 0.0179. The second kappa shape index (κ2) is 7.94. The van der Waals surface area contributed by atoms with E-state index in [0.29, 0.717) is 5.92 Å². The quantitative estimate of drug-likeness (QED) is 0.820. The summed E-state index contributed by atoms with van der Waals surface area (Å²) in [5, 5.41) is 7.22. The summed E-state index contributed by atoms with van der Waals surface area (Å²) in [4.78, 5) is 14.1. The van der Waals surface area contributed by atoms with Gasteiger partial charge in [0.05, 0.1) is 6.20 Å². The number of hydrogen-bond donors (Lipinski definition) is 1. The van der Waals surface area contributed by atoms with E-state index < -0.39 is 0 Å². The van der Waals surface area contributed by atoms with Crippen LogP contribution in [0.4, 0.5) is 0 Å². The van der Waals surface area contributed by atoms with E-state index in [0.717, 1.165) is 31.8 Å². The average molecular weight is 302 g/mol. The normalized spacial score (nSPS) is 18.7. The van der Waals surface area contributed by atoms with Gasteiger partial charge in [-0.15, -0.1) is 0 Å². The summed E-state index contributed by atoms with van der Waals surface area (Å²) < 4.78 is 1.73. The third-order valence-electron chi connectivity index (χ3n) is 3.84. The van der Waals surface area contributed by atoms with Gasteiger partial charge in [-0.05, 0) is 39.2 Å². The summed E-state index contributed by atoms with van der Waals surface area (Å²) in [7, 11) is 0. The first-order chi connectivity index (χ1) is 10.6. The van der Waals surface area contributed by atoms with Gasteiger partial charge in [-0.2, -0.15) is 5.10 Å². The number of nitrogens with one attached hydrogen (secondary N) is 1. The highest BCUT2D eigenvalue weighted by molar-refractivity contribution is 5.87. The number of piperidine rings is 1. The predicted molar refractivity (Wildman–Crippen MR) is 89.1 cm³/mol. The number of aromatic nitrogens is 2. The van der Waals surface area contributed by atoms with Crippen LogP contribution in [0.2, 0.25) is 0 Å². The zero-order valence-corrected chi connectivity index (χ0v) is 13.6. The van der Waals surface area contributed by atoms with Crippen molar-refractivity contribution in [2.24, 2.45) is 5.92 Å². The van der Waals surface area contributed by atoms with Crippen LogP contribution in [0.1, 0.15) is 32.3 Å². The maximum Gasteiger partial charge on any atom is 0.243 e. The highest BCUT2D eigenvalue weighted by Crippen LogP contribution is 2.18. The van der Waals surface area contributed by atoms with Crippen molar-refractivity contribution in [2.75, 3.05) is 19.6 Å². The lowest BCUT2D eigenvalue weighted by molar-refractivity contribution is -0.116. The van der Waals surface area contributed by atoms with Gasteiger partial charge < -0.3 is 5.32 Å². The van der Waals surface area contributed by atoms with E-state index in [9.17, 15) is 4.79 Å². The third-order valence-corrected chi connectivity index (χ3v) is 3.84. The molecule has 1 amide bonds. The molecule has 22 heavy (non-hydrogen) atoms. The van der Waals surface area contributed by atoms with Crippen molar-refractivity contribution in [3.8, 4) is 0 Å². The average Bonchev–Trinajstić information content (AvgIpc) is 2.92. The smallest absolute Gasteiger partial charge is 0.243 e. The van der Waals surface area contributed by atoms with Crippen LogP contribution in [0, 0.1) is 5.92 Å². The first-order valence-corrected chi connectivity index (χ1v) is 7.87. The van der Waals surface area contributed by atoms with Gasteiger partial charge >= 0.3 is 0 Å². The van der Waals surface area contributed by atoms with Crippen LogP contribution in [-0.4, -0.2) is 40.2 Å². The fourth-order valence-electron chi connectivity index (χ4n) is 2.84. The number of carbonyl (C=O) groups is 1. The van der Waals surface area contributed by atoms with Gasteiger partial charge in [0.1, 0.15) is 0 Å². The molecule has 1 aliphatic heterocycles. The van der Waals surface area contributed by atoms with Crippen LogP contribution >= 0.6 is 0 Å². The Kier molecular flexibility index (Phi) is 5.95. The van der Waals surface area contributed by atoms with Crippen molar-refractivity contribution < 1.29 is 4.79 Å². The van der Waals surface area contributed by atoms with Crippen molar-refractivity contribution in [1.29, 1.82) is 0 Å². The molecule has 1 aliphatic rings. The second-order valence-electron chi connectivity index (χ2n) is 6.22. The second-order valence-corrected chi connectivity index (χ2v) is 6.22. The molecule has 1 N–H and O–H groups in total. The molecule has 0 bridgehead atoms. The Morgan fingerprint density at radius 1 is 1.55 bits per heavy atom. The fourth-order valence-corrected chi connectivity index (χ4v) is 2.84. The maximum absolute atomic E-state index is 11.7. The topological polar surface area (TPSA) is 50.2 Å².